The van der Waals surface area contributed by atoms with Gasteiger partial charge in [-0.1, -0.05) is 48.7 Å². The first-order chi connectivity index (χ1) is 11.7. The molecule has 1 aromatic carbocycles. The van der Waals surface area contributed by atoms with Crippen molar-refractivity contribution in [2.75, 3.05) is 0 Å². The molecule has 132 valence electrons. The van der Waals surface area contributed by atoms with E-state index in [0.717, 1.165) is 28.7 Å². The molecule has 0 aromatic heterocycles. The summed E-state index contributed by atoms with van der Waals surface area (Å²) in [4.78, 5) is 0. The maximum atomic E-state index is 6.01. The molecule has 0 spiro atoms. The van der Waals surface area contributed by atoms with Crippen LogP contribution in [0.5, 0.6) is 0 Å². The van der Waals surface area contributed by atoms with Crippen molar-refractivity contribution in [1.82, 2.24) is 0 Å². The van der Waals surface area contributed by atoms with Crippen LogP contribution in [0.2, 0.25) is 5.02 Å². The zero-order valence-electron chi connectivity index (χ0n) is 15.2. The minimum atomic E-state index is 0.773. The molecule has 0 N–H and O–H groups in total. The van der Waals surface area contributed by atoms with Gasteiger partial charge in [-0.05, 0) is 99.7 Å². The van der Waals surface area contributed by atoms with Crippen molar-refractivity contribution in [2.45, 2.75) is 77.0 Å². The van der Waals surface area contributed by atoms with Crippen molar-refractivity contribution >= 4 is 11.6 Å². The molecule has 2 fully saturated rings. The van der Waals surface area contributed by atoms with Gasteiger partial charge in [0.15, 0.2) is 0 Å². The minimum absolute atomic E-state index is 0.773. The van der Waals surface area contributed by atoms with Gasteiger partial charge >= 0.3 is 0 Å². The zero-order valence-corrected chi connectivity index (χ0v) is 16.0. The molecule has 0 unspecified atom stereocenters. The van der Waals surface area contributed by atoms with Crippen LogP contribution in [-0.4, -0.2) is 0 Å². The Morgan fingerprint density at radius 1 is 0.833 bits per heavy atom. The van der Waals surface area contributed by atoms with E-state index < -0.39 is 0 Å². The molecule has 3 rings (SSSR count). The van der Waals surface area contributed by atoms with Gasteiger partial charge in [0.1, 0.15) is 0 Å². The number of hydrogen-bond acceptors (Lipinski definition) is 0. The molecule has 0 nitrogen and oxygen atoms in total. The summed E-state index contributed by atoms with van der Waals surface area (Å²) in [6, 6.07) is 8.56. The normalized spacial score (nSPS) is 31.4. The van der Waals surface area contributed by atoms with Gasteiger partial charge in [0, 0.05) is 5.02 Å². The number of allylic oxidation sites excluding steroid dienone is 2. The van der Waals surface area contributed by atoms with Crippen LogP contribution in [0, 0.1) is 17.8 Å². The van der Waals surface area contributed by atoms with Crippen LogP contribution in [0.1, 0.15) is 82.6 Å². The highest BCUT2D eigenvalue weighted by Gasteiger charge is 2.24. The minimum Gasteiger partial charge on any atom is -0.0914 e. The predicted molar refractivity (Wildman–Crippen MR) is 106 cm³/mol. The molecule has 24 heavy (non-hydrogen) atoms. The van der Waals surface area contributed by atoms with Crippen molar-refractivity contribution in [3.63, 3.8) is 0 Å². The summed E-state index contributed by atoms with van der Waals surface area (Å²) in [5, 5.41) is 0.858. The summed E-state index contributed by atoms with van der Waals surface area (Å²) < 4.78 is 0. The number of hydrogen-bond donors (Lipinski definition) is 0. The van der Waals surface area contributed by atoms with E-state index in [0.29, 0.717) is 0 Å². The quantitative estimate of drug-likeness (QED) is 0.478. The van der Waals surface area contributed by atoms with Gasteiger partial charge in [-0.15, -0.1) is 0 Å². The highest BCUT2D eigenvalue weighted by atomic mass is 35.5. The first-order valence-electron chi connectivity index (χ1n) is 10.1. The first-order valence-corrected chi connectivity index (χ1v) is 10.5. The lowest BCUT2D eigenvalue weighted by Crippen LogP contribution is -2.17. The number of benzene rings is 1. The van der Waals surface area contributed by atoms with Crippen LogP contribution in [0.3, 0.4) is 0 Å². The highest BCUT2D eigenvalue weighted by molar-refractivity contribution is 6.30. The Bertz CT molecular complexity index is 499. The fraction of sp³-hybridized carbons (Fsp3) is 0.652. The van der Waals surface area contributed by atoms with E-state index in [1.807, 2.05) is 12.1 Å². The molecular weight excluding hydrogens is 312 g/mol. The lowest BCUT2D eigenvalue weighted by molar-refractivity contribution is 0.246. The van der Waals surface area contributed by atoms with Crippen LogP contribution in [0.25, 0.3) is 0 Å². The fourth-order valence-electron chi connectivity index (χ4n) is 4.93. The third-order valence-corrected chi connectivity index (χ3v) is 6.78. The largest absolute Gasteiger partial charge is 0.0914 e. The standard InChI is InChI=1S/C23H33Cl/c1-2-3-18-4-6-19(7-5-18)8-9-20-10-12-21(13-11-20)22-14-16-23(24)17-15-22/h2-3,14-21H,4-13H2,1H3/b3-2+. The Hall–Kier alpha value is -0.750. The van der Waals surface area contributed by atoms with Crippen LogP contribution in [0.4, 0.5) is 0 Å². The molecule has 0 amide bonds. The van der Waals surface area contributed by atoms with E-state index in [-0.39, 0.29) is 0 Å². The van der Waals surface area contributed by atoms with Crippen LogP contribution >= 0.6 is 11.6 Å². The molecule has 1 heteroatoms. The number of halogens is 1. The van der Waals surface area contributed by atoms with E-state index in [9.17, 15) is 0 Å². The molecule has 2 saturated carbocycles. The second-order valence-corrected chi connectivity index (χ2v) is 8.59. The molecule has 0 heterocycles. The zero-order chi connectivity index (χ0) is 16.8. The monoisotopic (exact) mass is 344 g/mol. The Labute approximate surface area is 153 Å². The molecule has 0 saturated heterocycles. The van der Waals surface area contributed by atoms with Crippen molar-refractivity contribution in [2.24, 2.45) is 17.8 Å². The van der Waals surface area contributed by atoms with E-state index in [1.54, 1.807) is 0 Å². The van der Waals surface area contributed by atoms with Gasteiger partial charge in [-0.25, -0.2) is 0 Å². The van der Waals surface area contributed by atoms with Crippen LogP contribution in [0.15, 0.2) is 36.4 Å². The predicted octanol–water partition coefficient (Wildman–Crippen LogP) is 7.78. The van der Waals surface area contributed by atoms with Crippen LogP contribution < -0.4 is 0 Å². The third-order valence-electron chi connectivity index (χ3n) is 6.53. The van der Waals surface area contributed by atoms with Crippen molar-refractivity contribution in [3.8, 4) is 0 Å². The van der Waals surface area contributed by atoms with E-state index in [1.165, 1.54) is 69.8 Å². The third kappa shape index (κ3) is 5.12. The second-order valence-electron chi connectivity index (χ2n) is 8.15. The second kappa shape index (κ2) is 9.09. The van der Waals surface area contributed by atoms with E-state index in [4.69, 9.17) is 11.6 Å². The van der Waals surface area contributed by atoms with Gasteiger partial charge < -0.3 is 0 Å². The van der Waals surface area contributed by atoms with Crippen molar-refractivity contribution in [3.05, 3.63) is 47.0 Å². The molecule has 2 aliphatic rings. The van der Waals surface area contributed by atoms with Crippen molar-refractivity contribution < 1.29 is 0 Å². The van der Waals surface area contributed by atoms with E-state index in [2.05, 4.69) is 31.2 Å². The summed E-state index contributed by atoms with van der Waals surface area (Å²) in [6.07, 6.45) is 19.0. The lowest BCUT2D eigenvalue weighted by Gasteiger charge is -2.31. The summed E-state index contributed by atoms with van der Waals surface area (Å²) in [5.41, 5.74) is 1.50. The van der Waals surface area contributed by atoms with Gasteiger partial charge in [0.2, 0.25) is 0 Å². The fourth-order valence-corrected chi connectivity index (χ4v) is 5.06. The van der Waals surface area contributed by atoms with Gasteiger partial charge in [0.05, 0.1) is 0 Å². The first kappa shape index (κ1) is 18.1. The summed E-state index contributed by atoms with van der Waals surface area (Å²) in [5.74, 6) is 3.65. The van der Waals surface area contributed by atoms with Gasteiger partial charge in [0.25, 0.3) is 0 Å². The highest BCUT2D eigenvalue weighted by Crippen LogP contribution is 2.40. The van der Waals surface area contributed by atoms with E-state index >= 15 is 0 Å². The Morgan fingerprint density at radius 2 is 1.38 bits per heavy atom. The Morgan fingerprint density at radius 3 is 1.92 bits per heavy atom. The van der Waals surface area contributed by atoms with Crippen molar-refractivity contribution in [1.29, 1.82) is 0 Å². The molecule has 0 bridgehead atoms. The summed E-state index contributed by atoms with van der Waals surface area (Å²) in [6.45, 7) is 2.16. The summed E-state index contributed by atoms with van der Waals surface area (Å²) >= 11 is 6.01. The topological polar surface area (TPSA) is 0 Å². The average Bonchev–Trinajstić information content (AvgIpc) is 2.63. The molecule has 0 aliphatic heterocycles. The Kier molecular flexibility index (Phi) is 6.84. The number of rotatable bonds is 5. The Balaban J connectivity index is 1.36. The molecule has 0 atom stereocenters. The molecule has 0 radical (unpaired) electrons. The molecular formula is C23H33Cl. The maximum absolute atomic E-state index is 6.01. The smallest absolute Gasteiger partial charge is 0.0406 e. The van der Waals surface area contributed by atoms with Gasteiger partial charge in [-0.2, -0.15) is 0 Å². The van der Waals surface area contributed by atoms with Gasteiger partial charge in [-0.3, -0.25) is 0 Å². The SMILES string of the molecule is C/C=C/C1CCC(CCC2CCC(c3ccc(Cl)cc3)CC2)CC1. The molecule has 1 aromatic rings. The average molecular weight is 345 g/mol. The van der Waals surface area contributed by atoms with Crippen LogP contribution in [-0.2, 0) is 0 Å². The summed E-state index contributed by atoms with van der Waals surface area (Å²) in [7, 11) is 0. The molecule has 2 aliphatic carbocycles. The maximum Gasteiger partial charge on any atom is 0.0406 e. The lowest BCUT2D eigenvalue weighted by atomic mass is 9.74.